The van der Waals surface area contributed by atoms with Gasteiger partial charge in [0.2, 0.25) is 0 Å². The Balaban J connectivity index is 0.00000289. The van der Waals surface area contributed by atoms with Crippen molar-refractivity contribution in [3.63, 3.8) is 0 Å². The SMILES string of the molecule is CCCCCCCCCCCCc1ccco1.[NaH]. The maximum atomic E-state index is 5.32. The van der Waals surface area contributed by atoms with Crippen molar-refractivity contribution in [1.29, 1.82) is 0 Å². The second kappa shape index (κ2) is 13.7. The van der Waals surface area contributed by atoms with E-state index in [1.54, 1.807) is 6.26 Å². The van der Waals surface area contributed by atoms with Crippen molar-refractivity contribution in [3.8, 4) is 0 Å². The van der Waals surface area contributed by atoms with Crippen LogP contribution in [0.4, 0.5) is 0 Å². The molecule has 0 saturated carbocycles. The third kappa shape index (κ3) is 10.2. The molecule has 0 fully saturated rings. The Bertz CT molecular complexity index is 244. The third-order valence-corrected chi connectivity index (χ3v) is 3.36. The van der Waals surface area contributed by atoms with Crippen molar-refractivity contribution in [3.05, 3.63) is 24.2 Å². The molecule has 0 unspecified atom stereocenters. The molecule has 0 saturated heterocycles. The molecule has 0 spiro atoms. The predicted octanol–water partition coefficient (Wildman–Crippen LogP) is 5.09. The predicted molar refractivity (Wildman–Crippen MR) is 81.4 cm³/mol. The third-order valence-electron chi connectivity index (χ3n) is 3.36. The molecule has 0 aliphatic heterocycles. The van der Waals surface area contributed by atoms with E-state index in [0.29, 0.717) is 0 Å². The molecule has 2 heteroatoms. The molecule has 0 aliphatic rings. The molecule has 1 nitrogen and oxygen atoms in total. The van der Waals surface area contributed by atoms with Gasteiger partial charge in [-0.25, -0.2) is 0 Å². The number of furan rings is 1. The van der Waals surface area contributed by atoms with Crippen LogP contribution in [0.2, 0.25) is 0 Å². The fourth-order valence-electron chi connectivity index (χ4n) is 2.24. The second-order valence-corrected chi connectivity index (χ2v) is 5.01. The Morgan fingerprint density at radius 2 is 1.39 bits per heavy atom. The van der Waals surface area contributed by atoms with Crippen molar-refractivity contribution in [2.24, 2.45) is 0 Å². The zero-order valence-electron chi connectivity index (χ0n) is 11.4. The van der Waals surface area contributed by atoms with E-state index in [-0.39, 0.29) is 29.6 Å². The fourth-order valence-corrected chi connectivity index (χ4v) is 2.24. The Hall–Kier alpha value is 0.280. The average Bonchev–Trinajstić information content (AvgIpc) is 2.85. The summed E-state index contributed by atoms with van der Waals surface area (Å²) >= 11 is 0. The number of hydrogen-bond acceptors (Lipinski definition) is 1. The van der Waals surface area contributed by atoms with E-state index >= 15 is 0 Å². The first-order valence-electron chi connectivity index (χ1n) is 7.46. The molecule has 1 heterocycles. The summed E-state index contributed by atoms with van der Waals surface area (Å²) < 4.78 is 5.32. The Labute approximate surface area is 135 Å². The molecule has 0 N–H and O–H groups in total. The molecule has 0 radical (unpaired) electrons. The van der Waals surface area contributed by atoms with E-state index in [1.165, 1.54) is 64.2 Å². The standard InChI is InChI=1S/C16H28O.Na.H/c1-2-3-4-5-6-7-8-9-10-11-13-16-14-12-15-17-16;;/h12,14-15H,2-11,13H2,1H3;;. The average molecular weight is 260 g/mol. The molecular formula is C16H29NaO. The summed E-state index contributed by atoms with van der Waals surface area (Å²) in [6.45, 7) is 2.28. The van der Waals surface area contributed by atoms with Crippen LogP contribution in [0.1, 0.15) is 76.9 Å². The minimum atomic E-state index is 0. The zero-order valence-corrected chi connectivity index (χ0v) is 11.4. The molecule has 0 amide bonds. The van der Waals surface area contributed by atoms with Gasteiger partial charge >= 0.3 is 29.6 Å². The van der Waals surface area contributed by atoms with E-state index in [0.717, 1.165) is 12.2 Å². The van der Waals surface area contributed by atoms with Crippen molar-refractivity contribution in [2.45, 2.75) is 77.6 Å². The molecular weight excluding hydrogens is 231 g/mol. The van der Waals surface area contributed by atoms with Gasteiger partial charge in [-0.15, -0.1) is 0 Å². The van der Waals surface area contributed by atoms with Gasteiger partial charge in [0.15, 0.2) is 0 Å². The summed E-state index contributed by atoms with van der Waals surface area (Å²) in [4.78, 5) is 0. The summed E-state index contributed by atoms with van der Waals surface area (Å²) in [5.74, 6) is 1.14. The van der Waals surface area contributed by atoms with Gasteiger partial charge in [0.1, 0.15) is 5.76 Å². The Morgan fingerprint density at radius 3 is 1.89 bits per heavy atom. The quantitative estimate of drug-likeness (QED) is 0.399. The normalized spacial score (nSPS) is 10.3. The second-order valence-electron chi connectivity index (χ2n) is 5.01. The van der Waals surface area contributed by atoms with Gasteiger partial charge in [-0.3, -0.25) is 0 Å². The monoisotopic (exact) mass is 260 g/mol. The van der Waals surface area contributed by atoms with E-state index in [4.69, 9.17) is 4.42 Å². The molecule has 1 aromatic rings. The number of hydrogen-bond donors (Lipinski definition) is 0. The van der Waals surface area contributed by atoms with Gasteiger partial charge in [0.25, 0.3) is 0 Å². The van der Waals surface area contributed by atoms with Gasteiger partial charge < -0.3 is 4.42 Å². The van der Waals surface area contributed by atoms with E-state index < -0.39 is 0 Å². The first-order valence-corrected chi connectivity index (χ1v) is 7.46. The van der Waals surface area contributed by atoms with Crippen LogP contribution in [-0.4, -0.2) is 29.6 Å². The Kier molecular flexibility index (Phi) is 13.9. The van der Waals surface area contributed by atoms with Crippen LogP contribution in [0.5, 0.6) is 0 Å². The molecule has 18 heavy (non-hydrogen) atoms. The summed E-state index contributed by atoms with van der Waals surface area (Å²) in [6, 6.07) is 4.05. The van der Waals surface area contributed by atoms with Crippen LogP contribution in [0.15, 0.2) is 22.8 Å². The van der Waals surface area contributed by atoms with Gasteiger partial charge in [-0.1, -0.05) is 64.7 Å². The van der Waals surface area contributed by atoms with Gasteiger partial charge in [-0.2, -0.15) is 0 Å². The summed E-state index contributed by atoms with van der Waals surface area (Å²) in [6.07, 6.45) is 16.9. The van der Waals surface area contributed by atoms with Gasteiger partial charge in [0.05, 0.1) is 6.26 Å². The van der Waals surface area contributed by atoms with Crippen LogP contribution < -0.4 is 0 Å². The summed E-state index contributed by atoms with van der Waals surface area (Å²) in [5, 5.41) is 0. The van der Waals surface area contributed by atoms with Gasteiger partial charge in [0, 0.05) is 6.42 Å². The van der Waals surface area contributed by atoms with Crippen LogP contribution in [-0.2, 0) is 6.42 Å². The first kappa shape index (κ1) is 18.3. The molecule has 100 valence electrons. The van der Waals surface area contributed by atoms with Crippen molar-refractivity contribution >= 4 is 29.6 Å². The van der Waals surface area contributed by atoms with Crippen LogP contribution in [0.25, 0.3) is 0 Å². The summed E-state index contributed by atoms with van der Waals surface area (Å²) in [5.41, 5.74) is 0. The van der Waals surface area contributed by atoms with Crippen LogP contribution in [0, 0.1) is 0 Å². The molecule has 0 atom stereocenters. The fraction of sp³-hybridized carbons (Fsp3) is 0.750. The van der Waals surface area contributed by atoms with E-state index in [1.807, 2.05) is 6.07 Å². The van der Waals surface area contributed by atoms with Crippen molar-refractivity contribution in [2.75, 3.05) is 0 Å². The first-order chi connectivity index (χ1) is 8.43. The topological polar surface area (TPSA) is 13.1 Å². The van der Waals surface area contributed by atoms with Crippen LogP contribution >= 0.6 is 0 Å². The summed E-state index contributed by atoms with van der Waals surface area (Å²) in [7, 11) is 0. The zero-order chi connectivity index (χ0) is 12.2. The maximum absolute atomic E-state index is 5.32. The molecule has 0 aromatic carbocycles. The number of rotatable bonds is 11. The minimum absolute atomic E-state index is 0. The van der Waals surface area contributed by atoms with Crippen molar-refractivity contribution < 1.29 is 4.42 Å². The molecule has 1 aromatic heterocycles. The molecule has 1 rings (SSSR count). The molecule has 0 aliphatic carbocycles. The van der Waals surface area contributed by atoms with Crippen LogP contribution in [0.3, 0.4) is 0 Å². The van der Waals surface area contributed by atoms with E-state index in [9.17, 15) is 0 Å². The van der Waals surface area contributed by atoms with Crippen molar-refractivity contribution in [1.82, 2.24) is 0 Å². The Morgan fingerprint density at radius 1 is 0.833 bits per heavy atom. The van der Waals surface area contributed by atoms with E-state index in [2.05, 4.69) is 13.0 Å². The van der Waals surface area contributed by atoms with Gasteiger partial charge in [-0.05, 0) is 18.6 Å². The number of unbranched alkanes of at least 4 members (excludes halogenated alkanes) is 9. The molecule has 0 bridgehead atoms. The number of aryl methyl sites for hydroxylation is 1.